The Morgan fingerprint density at radius 2 is 2.10 bits per heavy atom. The predicted octanol–water partition coefficient (Wildman–Crippen LogP) is -0.390. The molecule has 1 amide bonds. The lowest BCUT2D eigenvalue weighted by Crippen LogP contribution is -2.44. The maximum atomic E-state index is 11.3. The van der Waals surface area contributed by atoms with Crippen LogP contribution in [-0.2, 0) is 14.8 Å². The van der Waals surface area contributed by atoms with E-state index in [1.54, 1.807) is 0 Å². The van der Waals surface area contributed by atoms with Crippen molar-refractivity contribution in [3.63, 3.8) is 0 Å². The third-order valence-electron chi connectivity index (χ3n) is 2.52. The molecular formula is C10H14Cl2N2O5S. The highest BCUT2D eigenvalue weighted by molar-refractivity contribution is 7.89. The van der Waals surface area contributed by atoms with Gasteiger partial charge in [0.15, 0.2) is 4.84 Å². The molecule has 0 radical (unpaired) electrons. The number of hydrogen-bond donors (Lipinski definition) is 3. The molecule has 3 N–H and O–H groups in total. The monoisotopic (exact) mass is 344 g/mol. The van der Waals surface area contributed by atoms with Crippen LogP contribution in [0.5, 0.6) is 0 Å². The third kappa shape index (κ3) is 4.35. The second kappa shape index (κ2) is 6.77. The van der Waals surface area contributed by atoms with Gasteiger partial charge in [0, 0.05) is 18.0 Å². The van der Waals surface area contributed by atoms with Gasteiger partial charge in [0.1, 0.15) is 6.10 Å². The normalized spacial score (nSPS) is 15.1. The molecule has 0 fully saturated rings. The fourth-order valence-corrected chi connectivity index (χ4v) is 2.20. The molecule has 0 aliphatic carbocycles. The van der Waals surface area contributed by atoms with E-state index < -0.39 is 39.5 Å². The fourth-order valence-electron chi connectivity index (χ4n) is 1.48. The largest absolute Gasteiger partial charge is 0.394 e. The molecule has 2 atom stereocenters. The summed E-state index contributed by atoms with van der Waals surface area (Å²) < 4.78 is 23.5. The number of nitrogens with one attached hydrogen (secondary N) is 1. The zero-order valence-electron chi connectivity index (χ0n) is 10.4. The summed E-state index contributed by atoms with van der Waals surface area (Å²) in [5.74, 6) is -0.769. The summed E-state index contributed by atoms with van der Waals surface area (Å²) in [5.41, 5.74) is 0.218. The van der Waals surface area contributed by atoms with Gasteiger partial charge in [0.2, 0.25) is 10.0 Å². The number of halogens is 2. The summed E-state index contributed by atoms with van der Waals surface area (Å²) in [6.45, 7) is -0.572. The number of hydrogen-bond acceptors (Lipinski definition) is 5. The minimum absolute atomic E-state index is 0.218. The van der Waals surface area contributed by atoms with E-state index >= 15 is 0 Å². The fraction of sp³-hybridized carbons (Fsp3) is 0.500. The van der Waals surface area contributed by atoms with Crippen LogP contribution in [0.2, 0.25) is 0 Å². The Morgan fingerprint density at radius 1 is 1.50 bits per heavy atom. The lowest BCUT2D eigenvalue weighted by molar-refractivity contribution is -0.121. The molecule has 7 nitrogen and oxygen atoms in total. The van der Waals surface area contributed by atoms with E-state index in [-0.39, 0.29) is 5.56 Å². The van der Waals surface area contributed by atoms with Gasteiger partial charge in [-0.1, -0.05) is 23.2 Å². The van der Waals surface area contributed by atoms with Gasteiger partial charge in [-0.25, -0.2) is 8.42 Å². The van der Waals surface area contributed by atoms with Crippen LogP contribution in [0.1, 0.15) is 11.7 Å². The van der Waals surface area contributed by atoms with Crippen molar-refractivity contribution in [1.29, 1.82) is 0 Å². The molecule has 1 aromatic heterocycles. The first kappa shape index (κ1) is 17.3. The van der Waals surface area contributed by atoms with Crippen molar-refractivity contribution in [3.05, 3.63) is 24.0 Å². The molecule has 10 heteroatoms. The molecule has 0 aliphatic rings. The molecule has 20 heavy (non-hydrogen) atoms. The average Bonchev–Trinajstić information content (AvgIpc) is 2.83. The van der Waals surface area contributed by atoms with Gasteiger partial charge < -0.3 is 15.5 Å². The average molecular weight is 345 g/mol. The number of amides is 1. The second-order valence-electron chi connectivity index (χ2n) is 4.08. The third-order valence-corrected chi connectivity index (χ3v) is 3.91. The van der Waals surface area contributed by atoms with E-state index in [9.17, 15) is 18.3 Å². The molecule has 1 rings (SSSR count). The smallest absolute Gasteiger partial charge is 0.253 e. The zero-order chi connectivity index (χ0) is 15.5. The molecule has 114 valence electrons. The van der Waals surface area contributed by atoms with Gasteiger partial charge >= 0.3 is 0 Å². The van der Waals surface area contributed by atoms with Crippen LogP contribution in [0.4, 0.5) is 0 Å². The van der Waals surface area contributed by atoms with Crippen molar-refractivity contribution in [2.75, 3.05) is 12.9 Å². The number of aliphatic hydroxyl groups is 2. The first-order chi connectivity index (χ1) is 9.16. The van der Waals surface area contributed by atoms with Gasteiger partial charge in [-0.2, -0.15) is 0 Å². The molecule has 0 aliphatic heterocycles. The molecule has 1 heterocycles. The summed E-state index contributed by atoms with van der Waals surface area (Å²) in [4.78, 5) is 9.98. The van der Waals surface area contributed by atoms with Crippen LogP contribution >= 0.6 is 23.2 Å². The van der Waals surface area contributed by atoms with Crippen molar-refractivity contribution in [2.45, 2.75) is 17.0 Å². The number of alkyl halides is 2. The van der Waals surface area contributed by atoms with Crippen LogP contribution in [0.25, 0.3) is 0 Å². The van der Waals surface area contributed by atoms with Crippen molar-refractivity contribution >= 4 is 39.1 Å². The quantitative estimate of drug-likeness (QED) is 0.609. The number of carbonyl (C=O) groups excluding carboxylic acids is 1. The maximum Gasteiger partial charge on any atom is 0.253 e. The molecule has 0 bridgehead atoms. The van der Waals surface area contributed by atoms with Crippen LogP contribution in [0.15, 0.2) is 18.5 Å². The molecule has 1 aromatic rings. The number of aromatic nitrogens is 1. The number of aliphatic hydroxyl groups excluding tert-OH is 2. The zero-order valence-corrected chi connectivity index (χ0v) is 12.7. The Morgan fingerprint density at radius 3 is 2.50 bits per heavy atom. The lowest BCUT2D eigenvalue weighted by atomic mass is 10.1. The Labute approximate surface area is 126 Å². The molecule has 2 unspecified atom stereocenters. The highest BCUT2D eigenvalue weighted by Gasteiger charge is 2.25. The van der Waals surface area contributed by atoms with Crippen molar-refractivity contribution in [1.82, 2.24) is 9.29 Å². The summed E-state index contributed by atoms with van der Waals surface area (Å²) in [5, 5.41) is 21.4. The summed E-state index contributed by atoms with van der Waals surface area (Å²) in [7, 11) is -3.47. The molecular weight excluding hydrogens is 331 g/mol. The van der Waals surface area contributed by atoms with Gasteiger partial charge in [-0.15, -0.1) is 0 Å². The first-order valence-electron chi connectivity index (χ1n) is 5.42. The summed E-state index contributed by atoms with van der Waals surface area (Å²) in [6, 6.07) is 0.303. The van der Waals surface area contributed by atoms with Gasteiger partial charge in [0.05, 0.1) is 18.9 Å². The Kier molecular flexibility index (Phi) is 5.84. The molecule has 0 saturated carbocycles. The first-order valence-corrected chi connectivity index (χ1v) is 8.15. The van der Waals surface area contributed by atoms with Gasteiger partial charge in [0.25, 0.3) is 5.91 Å². The maximum absolute atomic E-state index is 11.3. The molecule has 0 aromatic carbocycles. The van der Waals surface area contributed by atoms with E-state index in [2.05, 4.69) is 5.32 Å². The standard InChI is InChI=1S/C10H14Cl2N2O5S/c1-20(18,19)14-3-2-6(4-14)8(16)7(5-15)13-10(17)9(11)12/h2-4,7-9,15-16H,5H2,1H3,(H,13,17). The van der Waals surface area contributed by atoms with Gasteiger partial charge in [-0.05, 0) is 6.07 Å². The lowest BCUT2D eigenvalue weighted by Gasteiger charge is -2.21. The Bertz CT molecular complexity index is 572. The van der Waals surface area contributed by atoms with Crippen LogP contribution in [-0.4, -0.2) is 52.3 Å². The van der Waals surface area contributed by atoms with E-state index in [0.29, 0.717) is 0 Å². The predicted molar refractivity (Wildman–Crippen MR) is 74.1 cm³/mol. The van der Waals surface area contributed by atoms with E-state index in [4.69, 9.17) is 28.3 Å². The van der Waals surface area contributed by atoms with Crippen LogP contribution in [0.3, 0.4) is 0 Å². The van der Waals surface area contributed by atoms with E-state index in [1.807, 2.05) is 0 Å². The highest BCUT2D eigenvalue weighted by Crippen LogP contribution is 2.18. The Balaban J connectivity index is 2.89. The van der Waals surface area contributed by atoms with Crippen LogP contribution < -0.4 is 5.32 Å². The molecule has 0 saturated heterocycles. The van der Waals surface area contributed by atoms with Gasteiger partial charge in [-0.3, -0.25) is 8.77 Å². The second-order valence-corrected chi connectivity index (χ2v) is 7.06. The van der Waals surface area contributed by atoms with E-state index in [0.717, 1.165) is 10.2 Å². The number of rotatable bonds is 6. The minimum atomic E-state index is -3.47. The number of carbonyl (C=O) groups is 1. The van der Waals surface area contributed by atoms with Crippen LogP contribution in [0, 0.1) is 0 Å². The summed E-state index contributed by atoms with van der Waals surface area (Å²) >= 11 is 10.7. The topological polar surface area (TPSA) is 109 Å². The van der Waals surface area contributed by atoms with Crippen molar-refractivity contribution < 1.29 is 23.4 Å². The van der Waals surface area contributed by atoms with E-state index in [1.165, 1.54) is 18.5 Å². The number of nitrogens with zero attached hydrogens (tertiary/aromatic N) is 1. The molecule has 0 spiro atoms. The SMILES string of the molecule is CS(=O)(=O)n1ccc(C(O)C(CO)NC(=O)C(Cl)Cl)c1. The minimum Gasteiger partial charge on any atom is -0.394 e. The van der Waals surface area contributed by atoms with Crippen molar-refractivity contribution in [2.24, 2.45) is 0 Å². The summed E-state index contributed by atoms with van der Waals surface area (Å²) in [6.07, 6.45) is 2.13. The Hall–Kier alpha value is -0.800. The highest BCUT2D eigenvalue weighted by atomic mass is 35.5. The van der Waals surface area contributed by atoms with Crippen molar-refractivity contribution in [3.8, 4) is 0 Å².